The summed E-state index contributed by atoms with van der Waals surface area (Å²) < 4.78 is 1.12. The standard InChI is InChI=1S/C11H9ClIN/c1-2-8(7-14)11(12)9-4-3-5-10(13)6-9/h3-6H,2H2,1H3/b11-8-. The van der Waals surface area contributed by atoms with Gasteiger partial charge in [-0.25, -0.2) is 0 Å². The minimum atomic E-state index is 0.563. The van der Waals surface area contributed by atoms with E-state index in [1.54, 1.807) is 0 Å². The zero-order valence-corrected chi connectivity index (χ0v) is 10.6. The first-order valence-corrected chi connectivity index (χ1v) is 5.69. The van der Waals surface area contributed by atoms with Crippen LogP contribution in [-0.2, 0) is 0 Å². The van der Waals surface area contributed by atoms with Gasteiger partial charge in [0.25, 0.3) is 0 Å². The Bertz CT molecular complexity index is 404. The second kappa shape index (κ2) is 5.38. The van der Waals surface area contributed by atoms with Gasteiger partial charge >= 0.3 is 0 Å². The Morgan fingerprint density at radius 3 is 2.79 bits per heavy atom. The molecular weight excluding hydrogens is 308 g/mol. The van der Waals surface area contributed by atoms with Crippen LogP contribution in [0.5, 0.6) is 0 Å². The summed E-state index contributed by atoms with van der Waals surface area (Å²) in [6, 6.07) is 9.92. The van der Waals surface area contributed by atoms with Crippen molar-refractivity contribution in [2.24, 2.45) is 0 Å². The molecule has 0 aliphatic carbocycles. The van der Waals surface area contributed by atoms with Gasteiger partial charge in [-0.05, 0) is 46.7 Å². The van der Waals surface area contributed by atoms with Gasteiger partial charge in [-0.3, -0.25) is 0 Å². The fourth-order valence-corrected chi connectivity index (χ4v) is 1.92. The first kappa shape index (κ1) is 11.5. The van der Waals surface area contributed by atoms with Crippen LogP contribution < -0.4 is 0 Å². The van der Waals surface area contributed by atoms with Crippen LogP contribution in [0.3, 0.4) is 0 Å². The molecule has 0 N–H and O–H groups in total. The van der Waals surface area contributed by atoms with E-state index in [0.717, 1.165) is 9.13 Å². The highest BCUT2D eigenvalue weighted by Gasteiger charge is 2.04. The Hall–Kier alpha value is -0.530. The van der Waals surface area contributed by atoms with E-state index in [1.807, 2.05) is 31.2 Å². The summed E-state index contributed by atoms with van der Waals surface area (Å²) in [6.45, 7) is 1.93. The zero-order chi connectivity index (χ0) is 10.6. The molecule has 1 aromatic rings. The first-order valence-electron chi connectivity index (χ1n) is 4.23. The predicted octanol–water partition coefficient (Wildman–Crippen LogP) is 4.17. The third-order valence-corrected chi connectivity index (χ3v) is 2.95. The molecule has 0 atom stereocenters. The number of rotatable bonds is 2. The molecule has 1 rings (SSSR count). The van der Waals surface area contributed by atoms with Crippen LogP contribution in [0.4, 0.5) is 0 Å². The van der Waals surface area contributed by atoms with Crippen LogP contribution in [0.15, 0.2) is 29.8 Å². The van der Waals surface area contributed by atoms with Crippen LogP contribution >= 0.6 is 34.2 Å². The topological polar surface area (TPSA) is 23.8 Å². The molecule has 3 heteroatoms. The molecule has 0 unspecified atom stereocenters. The van der Waals surface area contributed by atoms with E-state index in [4.69, 9.17) is 16.9 Å². The number of nitrogens with zero attached hydrogens (tertiary/aromatic N) is 1. The molecule has 0 heterocycles. The number of halogens is 2. The van der Waals surface area contributed by atoms with Crippen LogP contribution in [-0.4, -0.2) is 0 Å². The minimum absolute atomic E-state index is 0.563. The van der Waals surface area contributed by atoms with Gasteiger partial charge in [0.15, 0.2) is 0 Å². The molecule has 0 saturated carbocycles. The fraction of sp³-hybridized carbons (Fsp3) is 0.182. The Balaban J connectivity index is 3.18. The molecule has 0 aromatic heterocycles. The van der Waals surface area contributed by atoms with Crippen molar-refractivity contribution in [1.82, 2.24) is 0 Å². The molecule has 14 heavy (non-hydrogen) atoms. The van der Waals surface area contributed by atoms with Gasteiger partial charge in [-0.1, -0.05) is 30.7 Å². The SMILES string of the molecule is CC/C(C#N)=C(/Cl)c1cccc(I)c1. The molecule has 0 aliphatic rings. The van der Waals surface area contributed by atoms with Crippen molar-refractivity contribution >= 4 is 39.2 Å². The minimum Gasteiger partial charge on any atom is -0.193 e. The van der Waals surface area contributed by atoms with Gasteiger partial charge in [-0.2, -0.15) is 5.26 Å². The lowest BCUT2D eigenvalue weighted by Crippen LogP contribution is -1.84. The first-order chi connectivity index (χ1) is 6.69. The molecule has 0 aliphatic heterocycles. The Morgan fingerprint density at radius 2 is 2.29 bits per heavy atom. The van der Waals surface area contributed by atoms with E-state index in [9.17, 15) is 0 Å². The van der Waals surface area contributed by atoms with Gasteiger partial charge in [0, 0.05) is 9.14 Å². The van der Waals surface area contributed by atoms with E-state index in [0.29, 0.717) is 17.0 Å². The summed E-state index contributed by atoms with van der Waals surface area (Å²) in [5.41, 5.74) is 1.55. The van der Waals surface area contributed by atoms with Gasteiger partial charge in [0.2, 0.25) is 0 Å². The Morgan fingerprint density at radius 1 is 1.57 bits per heavy atom. The van der Waals surface area contributed by atoms with E-state index < -0.39 is 0 Å². The highest BCUT2D eigenvalue weighted by atomic mass is 127. The molecule has 0 saturated heterocycles. The average Bonchev–Trinajstić information content (AvgIpc) is 2.19. The fourth-order valence-electron chi connectivity index (χ4n) is 1.08. The molecule has 1 aromatic carbocycles. The van der Waals surface area contributed by atoms with Gasteiger partial charge < -0.3 is 0 Å². The summed E-state index contributed by atoms with van der Waals surface area (Å²) in [6.07, 6.45) is 0.667. The van der Waals surface area contributed by atoms with Crippen molar-refractivity contribution in [3.05, 3.63) is 39.0 Å². The van der Waals surface area contributed by atoms with E-state index >= 15 is 0 Å². The molecule has 1 nitrogen and oxygen atoms in total. The number of hydrogen-bond acceptors (Lipinski definition) is 1. The number of allylic oxidation sites excluding steroid dienone is 1. The van der Waals surface area contributed by atoms with Crippen LogP contribution in [0.25, 0.3) is 5.03 Å². The molecule has 0 bridgehead atoms. The molecule has 0 spiro atoms. The van der Waals surface area contributed by atoms with Gasteiger partial charge in [-0.15, -0.1) is 0 Å². The highest BCUT2D eigenvalue weighted by Crippen LogP contribution is 2.25. The lowest BCUT2D eigenvalue weighted by Gasteiger charge is -2.02. The zero-order valence-electron chi connectivity index (χ0n) is 7.72. The van der Waals surface area contributed by atoms with Gasteiger partial charge in [0.1, 0.15) is 0 Å². The Kier molecular flexibility index (Phi) is 4.43. The predicted molar refractivity (Wildman–Crippen MR) is 67.8 cm³/mol. The maximum absolute atomic E-state index is 8.83. The molecule has 0 fully saturated rings. The largest absolute Gasteiger partial charge is 0.193 e. The lowest BCUT2D eigenvalue weighted by molar-refractivity contribution is 1.16. The molecule has 0 radical (unpaired) electrons. The van der Waals surface area contributed by atoms with Crippen molar-refractivity contribution in [2.75, 3.05) is 0 Å². The normalized spacial score (nSPS) is 11.9. The number of nitriles is 1. The summed E-state index contributed by atoms with van der Waals surface area (Å²) in [5, 5.41) is 9.40. The average molecular weight is 318 g/mol. The molecule has 0 amide bonds. The summed E-state index contributed by atoms with van der Waals surface area (Å²) in [7, 11) is 0. The van der Waals surface area contributed by atoms with Crippen LogP contribution in [0, 0.1) is 14.9 Å². The maximum Gasteiger partial charge on any atom is 0.0962 e. The number of hydrogen-bond donors (Lipinski definition) is 0. The lowest BCUT2D eigenvalue weighted by atomic mass is 10.1. The number of benzene rings is 1. The maximum atomic E-state index is 8.83. The summed E-state index contributed by atoms with van der Waals surface area (Å²) in [5.74, 6) is 0. The van der Waals surface area contributed by atoms with E-state index in [1.165, 1.54) is 0 Å². The summed E-state index contributed by atoms with van der Waals surface area (Å²) in [4.78, 5) is 0. The van der Waals surface area contributed by atoms with Crippen molar-refractivity contribution in [1.29, 1.82) is 5.26 Å². The van der Waals surface area contributed by atoms with Crippen molar-refractivity contribution in [3.63, 3.8) is 0 Å². The quantitative estimate of drug-likeness (QED) is 0.593. The third-order valence-electron chi connectivity index (χ3n) is 1.83. The Labute approximate surface area is 103 Å². The van der Waals surface area contributed by atoms with Gasteiger partial charge in [0.05, 0.1) is 11.1 Å². The van der Waals surface area contributed by atoms with Crippen LogP contribution in [0.2, 0.25) is 0 Å². The molecule has 72 valence electrons. The van der Waals surface area contributed by atoms with Crippen molar-refractivity contribution in [2.45, 2.75) is 13.3 Å². The van der Waals surface area contributed by atoms with Crippen LogP contribution in [0.1, 0.15) is 18.9 Å². The van der Waals surface area contributed by atoms with E-state index in [-0.39, 0.29) is 0 Å². The monoisotopic (exact) mass is 317 g/mol. The second-order valence-corrected chi connectivity index (χ2v) is 4.39. The highest BCUT2D eigenvalue weighted by molar-refractivity contribution is 14.1. The summed E-state index contributed by atoms with van der Waals surface area (Å²) >= 11 is 8.32. The van der Waals surface area contributed by atoms with E-state index in [2.05, 4.69) is 28.7 Å². The second-order valence-electron chi connectivity index (χ2n) is 2.77. The van der Waals surface area contributed by atoms with Crippen molar-refractivity contribution in [3.8, 4) is 6.07 Å². The van der Waals surface area contributed by atoms with Crippen molar-refractivity contribution < 1.29 is 0 Å². The third kappa shape index (κ3) is 2.73. The smallest absolute Gasteiger partial charge is 0.0962 e. The molecular formula is C11H9ClIN.